The van der Waals surface area contributed by atoms with Crippen molar-refractivity contribution in [3.05, 3.63) is 29.8 Å². The second kappa shape index (κ2) is 5.19. The summed E-state index contributed by atoms with van der Waals surface area (Å²) >= 11 is 0. The van der Waals surface area contributed by atoms with Crippen LogP contribution >= 0.6 is 0 Å². The van der Waals surface area contributed by atoms with Gasteiger partial charge in [0.1, 0.15) is 6.04 Å². The lowest BCUT2D eigenvalue weighted by Crippen LogP contribution is -2.37. The van der Waals surface area contributed by atoms with Gasteiger partial charge in [-0.25, -0.2) is 4.79 Å². The minimum Gasteiger partial charge on any atom is -0.467 e. The van der Waals surface area contributed by atoms with E-state index in [0.717, 1.165) is 30.6 Å². The average Bonchev–Trinajstić information content (AvgIpc) is 2.86. The van der Waals surface area contributed by atoms with Gasteiger partial charge in [-0.3, -0.25) is 0 Å². The fourth-order valence-corrected chi connectivity index (χ4v) is 2.40. The average molecular weight is 234 g/mol. The largest absolute Gasteiger partial charge is 0.467 e. The van der Waals surface area contributed by atoms with Gasteiger partial charge in [0.05, 0.1) is 7.11 Å². The van der Waals surface area contributed by atoms with Crippen LogP contribution in [0.25, 0.3) is 0 Å². The van der Waals surface area contributed by atoms with Crippen molar-refractivity contribution in [3.8, 4) is 0 Å². The van der Waals surface area contributed by atoms with E-state index in [1.165, 1.54) is 7.11 Å². The van der Waals surface area contributed by atoms with Crippen molar-refractivity contribution >= 4 is 11.7 Å². The molecule has 1 aliphatic heterocycles. The molecule has 0 aliphatic carbocycles. The molecule has 17 heavy (non-hydrogen) atoms. The molecule has 4 nitrogen and oxygen atoms in total. The molecule has 1 aromatic rings. The Bertz CT molecular complexity index is 406. The van der Waals surface area contributed by atoms with E-state index in [0.29, 0.717) is 6.54 Å². The fraction of sp³-hybridized carbons (Fsp3) is 0.462. The molecule has 1 aliphatic rings. The van der Waals surface area contributed by atoms with E-state index in [-0.39, 0.29) is 12.0 Å². The number of para-hydroxylation sites is 1. The van der Waals surface area contributed by atoms with Crippen molar-refractivity contribution in [1.82, 2.24) is 0 Å². The topological polar surface area (TPSA) is 55.6 Å². The molecule has 0 bridgehead atoms. The third-order valence-corrected chi connectivity index (χ3v) is 3.25. The molecule has 0 radical (unpaired) electrons. The maximum Gasteiger partial charge on any atom is 0.328 e. The number of methoxy groups -OCH3 is 1. The molecule has 2 N–H and O–H groups in total. The maximum absolute atomic E-state index is 11.7. The van der Waals surface area contributed by atoms with Gasteiger partial charge in [-0.2, -0.15) is 0 Å². The number of ether oxygens (including phenoxy) is 1. The quantitative estimate of drug-likeness (QED) is 0.801. The first-order valence-corrected chi connectivity index (χ1v) is 5.90. The Hall–Kier alpha value is -1.55. The molecular weight excluding hydrogens is 216 g/mol. The Morgan fingerprint density at radius 3 is 3.00 bits per heavy atom. The highest BCUT2D eigenvalue weighted by atomic mass is 16.5. The van der Waals surface area contributed by atoms with E-state index in [2.05, 4.69) is 4.90 Å². The van der Waals surface area contributed by atoms with Gasteiger partial charge < -0.3 is 15.4 Å². The Morgan fingerprint density at radius 2 is 2.29 bits per heavy atom. The molecule has 1 heterocycles. The zero-order valence-corrected chi connectivity index (χ0v) is 10.1. The zero-order chi connectivity index (χ0) is 12.3. The van der Waals surface area contributed by atoms with Gasteiger partial charge in [-0.05, 0) is 24.5 Å². The molecule has 0 spiro atoms. The second-order valence-corrected chi connectivity index (χ2v) is 4.21. The molecule has 0 saturated carbocycles. The highest BCUT2D eigenvalue weighted by Gasteiger charge is 2.32. The number of hydrogen-bond donors (Lipinski definition) is 1. The van der Waals surface area contributed by atoms with Crippen LogP contribution < -0.4 is 10.6 Å². The number of carbonyl (C=O) groups excluding carboxylic acids is 1. The molecule has 0 amide bonds. The van der Waals surface area contributed by atoms with Crippen molar-refractivity contribution in [2.45, 2.75) is 25.4 Å². The van der Waals surface area contributed by atoms with Gasteiger partial charge in [0, 0.05) is 18.8 Å². The van der Waals surface area contributed by atoms with Crippen LogP contribution in [0.1, 0.15) is 18.4 Å². The summed E-state index contributed by atoms with van der Waals surface area (Å²) in [6.07, 6.45) is 1.87. The van der Waals surface area contributed by atoms with Crippen LogP contribution in [0.4, 0.5) is 5.69 Å². The Kier molecular flexibility index (Phi) is 3.64. The number of rotatable bonds is 3. The summed E-state index contributed by atoms with van der Waals surface area (Å²) in [4.78, 5) is 13.8. The molecule has 1 aromatic carbocycles. The predicted molar refractivity (Wildman–Crippen MR) is 66.7 cm³/mol. The molecule has 0 aromatic heterocycles. The Morgan fingerprint density at radius 1 is 1.53 bits per heavy atom. The molecule has 92 valence electrons. The van der Waals surface area contributed by atoms with Gasteiger partial charge in [0.15, 0.2) is 0 Å². The number of nitrogens with zero attached hydrogens (tertiary/aromatic N) is 1. The number of carbonyl (C=O) groups is 1. The summed E-state index contributed by atoms with van der Waals surface area (Å²) in [5, 5.41) is 0. The molecule has 1 atom stereocenters. The van der Waals surface area contributed by atoms with Gasteiger partial charge in [0.25, 0.3) is 0 Å². The standard InChI is InChI=1S/C13H18N2O2/c1-17-13(16)12-7-4-8-15(12)11-6-3-2-5-10(11)9-14/h2-3,5-6,12H,4,7-9,14H2,1H3/t12-/m0/s1. The van der Waals surface area contributed by atoms with Crippen LogP contribution in [0.2, 0.25) is 0 Å². The molecule has 1 saturated heterocycles. The summed E-state index contributed by atoms with van der Waals surface area (Å²) in [5.74, 6) is -0.158. The summed E-state index contributed by atoms with van der Waals surface area (Å²) in [6.45, 7) is 1.37. The van der Waals surface area contributed by atoms with Gasteiger partial charge in [-0.15, -0.1) is 0 Å². The first-order chi connectivity index (χ1) is 8.27. The van der Waals surface area contributed by atoms with E-state index in [9.17, 15) is 4.79 Å². The zero-order valence-electron chi connectivity index (χ0n) is 10.1. The smallest absolute Gasteiger partial charge is 0.328 e. The van der Waals surface area contributed by atoms with Crippen molar-refractivity contribution < 1.29 is 9.53 Å². The van der Waals surface area contributed by atoms with Crippen molar-refractivity contribution in [2.24, 2.45) is 5.73 Å². The normalized spacial score (nSPS) is 19.4. The molecule has 0 unspecified atom stereocenters. The Balaban J connectivity index is 2.29. The van der Waals surface area contributed by atoms with Gasteiger partial charge in [0.2, 0.25) is 0 Å². The molecule has 2 rings (SSSR count). The van der Waals surface area contributed by atoms with Crippen LogP contribution in [0, 0.1) is 0 Å². The lowest BCUT2D eigenvalue weighted by atomic mass is 10.1. The van der Waals surface area contributed by atoms with E-state index in [1.54, 1.807) is 0 Å². The van der Waals surface area contributed by atoms with Crippen molar-refractivity contribution in [3.63, 3.8) is 0 Å². The lowest BCUT2D eigenvalue weighted by molar-refractivity contribution is -0.141. The highest BCUT2D eigenvalue weighted by molar-refractivity contribution is 5.81. The van der Waals surface area contributed by atoms with Gasteiger partial charge in [-0.1, -0.05) is 18.2 Å². The SMILES string of the molecule is COC(=O)[C@@H]1CCCN1c1ccccc1CN. The second-order valence-electron chi connectivity index (χ2n) is 4.21. The van der Waals surface area contributed by atoms with E-state index >= 15 is 0 Å². The number of benzene rings is 1. The number of hydrogen-bond acceptors (Lipinski definition) is 4. The third-order valence-electron chi connectivity index (χ3n) is 3.25. The highest BCUT2D eigenvalue weighted by Crippen LogP contribution is 2.28. The summed E-state index contributed by atoms with van der Waals surface area (Å²) in [5.41, 5.74) is 7.86. The van der Waals surface area contributed by atoms with Crippen LogP contribution in [-0.2, 0) is 16.1 Å². The molecule has 4 heteroatoms. The minimum absolute atomic E-state index is 0.158. The predicted octanol–water partition coefficient (Wildman–Crippen LogP) is 1.29. The van der Waals surface area contributed by atoms with E-state index in [4.69, 9.17) is 10.5 Å². The number of anilines is 1. The van der Waals surface area contributed by atoms with Crippen molar-refractivity contribution in [2.75, 3.05) is 18.6 Å². The van der Waals surface area contributed by atoms with Crippen LogP contribution in [0.5, 0.6) is 0 Å². The summed E-state index contributed by atoms with van der Waals surface area (Å²) < 4.78 is 4.85. The van der Waals surface area contributed by atoms with Gasteiger partial charge >= 0.3 is 5.97 Å². The van der Waals surface area contributed by atoms with Crippen molar-refractivity contribution in [1.29, 1.82) is 0 Å². The van der Waals surface area contributed by atoms with E-state index in [1.807, 2.05) is 24.3 Å². The first kappa shape index (κ1) is 11.9. The molecule has 1 fully saturated rings. The lowest BCUT2D eigenvalue weighted by Gasteiger charge is -2.26. The Labute approximate surface area is 101 Å². The fourth-order valence-electron chi connectivity index (χ4n) is 2.40. The first-order valence-electron chi connectivity index (χ1n) is 5.90. The number of nitrogens with two attached hydrogens (primary N) is 1. The minimum atomic E-state index is -0.160. The number of esters is 1. The van der Waals surface area contributed by atoms with Crippen LogP contribution in [-0.4, -0.2) is 25.7 Å². The van der Waals surface area contributed by atoms with Crippen LogP contribution in [0.15, 0.2) is 24.3 Å². The summed E-state index contributed by atoms with van der Waals surface area (Å²) in [7, 11) is 1.44. The monoisotopic (exact) mass is 234 g/mol. The maximum atomic E-state index is 11.7. The van der Waals surface area contributed by atoms with Crippen LogP contribution in [0.3, 0.4) is 0 Å². The third kappa shape index (κ3) is 2.26. The van der Waals surface area contributed by atoms with E-state index < -0.39 is 0 Å². The molecular formula is C13H18N2O2. The summed E-state index contributed by atoms with van der Waals surface area (Å²) in [6, 6.07) is 7.80.